The van der Waals surface area contributed by atoms with E-state index in [2.05, 4.69) is 20.8 Å². The van der Waals surface area contributed by atoms with Crippen LogP contribution < -0.4 is 28.8 Å². The summed E-state index contributed by atoms with van der Waals surface area (Å²) in [5, 5.41) is 32.8. The molecule has 28 heavy (non-hydrogen) atoms. The van der Waals surface area contributed by atoms with Gasteiger partial charge in [0.2, 0.25) is 17.7 Å². The number of phenols is 1. The predicted molar refractivity (Wildman–Crippen MR) is 96.6 cm³/mol. The lowest BCUT2D eigenvalue weighted by atomic mass is 9.97. The van der Waals surface area contributed by atoms with E-state index in [1.54, 1.807) is 24.3 Å². The molecule has 0 bridgehead atoms. The first-order chi connectivity index (χ1) is 13.1. The molecule has 2 aromatic rings. The van der Waals surface area contributed by atoms with Gasteiger partial charge in [0.1, 0.15) is 11.8 Å². The summed E-state index contributed by atoms with van der Waals surface area (Å²) in [4.78, 5) is 12.4. The van der Waals surface area contributed by atoms with Gasteiger partial charge >= 0.3 is 0 Å². The van der Waals surface area contributed by atoms with E-state index in [4.69, 9.17) is 10.2 Å². The lowest BCUT2D eigenvalue weighted by molar-refractivity contribution is -0.127. The summed E-state index contributed by atoms with van der Waals surface area (Å²) in [6.07, 6.45) is 1.97. The van der Waals surface area contributed by atoms with Crippen LogP contribution in [-0.2, 0) is 11.2 Å². The van der Waals surface area contributed by atoms with Gasteiger partial charge in [-0.2, -0.15) is 0 Å². The number of aromatic nitrogens is 2. The second kappa shape index (κ2) is 10.4. The number of amides is 1. The molecule has 1 aromatic heterocycles. The lowest BCUT2D eigenvalue weighted by Gasteiger charge is -2.23. The zero-order valence-corrected chi connectivity index (χ0v) is 16.1. The molecular weight excluding hydrogens is 386 g/mol. The molecule has 2 heterocycles. The van der Waals surface area contributed by atoms with Crippen LogP contribution in [0.5, 0.6) is 5.75 Å². The van der Waals surface area contributed by atoms with Crippen molar-refractivity contribution >= 4 is 5.91 Å². The fraction of sp³-hybridized carbons (Fsp3) is 0.500. The summed E-state index contributed by atoms with van der Waals surface area (Å²) < 4.78 is 5.60. The Kier molecular flexibility index (Phi) is 8.18. The number of carbonyl (C=O) groups is 1. The Morgan fingerprint density at radius 1 is 1.25 bits per heavy atom. The van der Waals surface area contributed by atoms with Gasteiger partial charge in [-0.05, 0) is 50.0 Å². The largest absolute Gasteiger partial charge is 1.00 e. The van der Waals surface area contributed by atoms with Crippen molar-refractivity contribution in [2.75, 3.05) is 19.7 Å². The lowest BCUT2D eigenvalue weighted by Crippen LogP contribution is -3.00. The third kappa shape index (κ3) is 5.65. The Hall–Kier alpha value is -2.20. The van der Waals surface area contributed by atoms with Crippen LogP contribution in [0.2, 0.25) is 0 Å². The van der Waals surface area contributed by atoms with Crippen LogP contribution in [0, 0.1) is 5.92 Å². The molecule has 0 radical (unpaired) electrons. The highest BCUT2D eigenvalue weighted by Crippen LogP contribution is 2.20. The number of halogens is 1. The summed E-state index contributed by atoms with van der Waals surface area (Å²) in [7, 11) is 0. The van der Waals surface area contributed by atoms with Crippen LogP contribution in [0.4, 0.5) is 0 Å². The molecule has 1 saturated heterocycles. The summed E-state index contributed by atoms with van der Waals surface area (Å²) in [5.41, 5.74) is 7.04. The molecule has 9 nitrogen and oxygen atoms in total. The maximum absolute atomic E-state index is 12.4. The highest BCUT2D eigenvalue weighted by atomic mass is 35.5. The SMILES string of the molecule is NC(Cc1ccc(O)cc1)c1nnc(C(CO)NC(=O)C2CCNCC2)o1.[Cl-]. The first-order valence-corrected chi connectivity index (χ1v) is 9.05. The van der Waals surface area contributed by atoms with Crippen molar-refractivity contribution < 1.29 is 31.8 Å². The van der Waals surface area contributed by atoms with E-state index >= 15 is 0 Å². The van der Waals surface area contributed by atoms with Crippen LogP contribution in [0.3, 0.4) is 0 Å². The number of hydrogen-bond donors (Lipinski definition) is 5. The second-order valence-electron chi connectivity index (χ2n) is 6.72. The van der Waals surface area contributed by atoms with Crippen LogP contribution >= 0.6 is 0 Å². The highest BCUT2D eigenvalue weighted by Gasteiger charge is 2.27. The van der Waals surface area contributed by atoms with E-state index in [0.717, 1.165) is 31.5 Å². The van der Waals surface area contributed by atoms with Crippen molar-refractivity contribution in [3.8, 4) is 5.75 Å². The smallest absolute Gasteiger partial charge is 0.241 e. The molecule has 0 spiro atoms. The topological polar surface area (TPSA) is 147 Å². The average molecular weight is 411 g/mol. The number of nitrogens with two attached hydrogens (primary N) is 1. The number of aromatic hydroxyl groups is 1. The van der Waals surface area contributed by atoms with Crippen LogP contribution in [0.1, 0.15) is 42.3 Å². The minimum absolute atomic E-state index is 0. The molecule has 1 aromatic carbocycles. The molecule has 154 valence electrons. The van der Waals surface area contributed by atoms with E-state index < -0.39 is 12.1 Å². The molecule has 10 heteroatoms. The Bertz CT molecular complexity index is 749. The van der Waals surface area contributed by atoms with Crippen LogP contribution in [-0.4, -0.2) is 46.0 Å². The fourth-order valence-corrected chi connectivity index (χ4v) is 3.07. The van der Waals surface area contributed by atoms with E-state index in [-0.39, 0.29) is 48.4 Å². The molecule has 0 aliphatic carbocycles. The van der Waals surface area contributed by atoms with E-state index in [0.29, 0.717) is 6.42 Å². The van der Waals surface area contributed by atoms with Crippen LogP contribution in [0.25, 0.3) is 0 Å². The molecule has 0 saturated carbocycles. The minimum atomic E-state index is -0.755. The number of benzene rings is 1. The van der Waals surface area contributed by atoms with Crippen molar-refractivity contribution in [3.63, 3.8) is 0 Å². The van der Waals surface area contributed by atoms with Gasteiger partial charge in [-0.15, -0.1) is 10.2 Å². The number of aliphatic hydroxyl groups excluding tert-OH is 1. The van der Waals surface area contributed by atoms with Crippen molar-refractivity contribution in [2.45, 2.75) is 31.3 Å². The molecule has 1 aliphatic rings. The fourth-order valence-electron chi connectivity index (χ4n) is 3.07. The van der Waals surface area contributed by atoms with Gasteiger partial charge in [0.15, 0.2) is 0 Å². The zero-order chi connectivity index (χ0) is 19.2. The van der Waals surface area contributed by atoms with Crippen molar-refractivity contribution in [1.82, 2.24) is 20.8 Å². The average Bonchev–Trinajstić information content (AvgIpc) is 3.18. The molecule has 6 N–H and O–H groups in total. The Balaban J connectivity index is 0.00000280. The standard InChI is InChI=1S/C18H25N5O4.ClH/c19-14(9-11-1-3-13(25)4-2-11)17-22-23-18(27-17)15(10-24)21-16(26)12-5-7-20-8-6-12;/h1-4,12,14-15,20,24-25H,5-10,19H2,(H,21,26);1H/p-1. The van der Waals surface area contributed by atoms with Gasteiger partial charge < -0.3 is 43.4 Å². The molecule has 3 rings (SSSR count). The van der Waals surface area contributed by atoms with Crippen LogP contribution in [0.15, 0.2) is 28.7 Å². The van der Waals surface area contributed by atoms with Gasteiger partial charge in [0.05, 0.1) is 12.6 Å². The molecule has 1 fully saturated rings. The molecule has 2 atom stereocenters. The van der Waals surface area contributed by atoms with Gasteiger partial charge in [-0.3, -0.25) is 4.79 Å². The van der Waals surface area contributed by atoms with E-state index in [1.165, 1.54) is 0 Å². The van der Waals surface area contributed by atoms with Crippen molar-refractivity contribution in [1.29, 1.82) is 0 Å². The predicted octanol–water partition coefficient (Wildman–Crippen LogP) is -2.83. The number of piperidine rings is 1. The number of carbonyl (C=O) groups excluding carboxylic acids is 1. The maximum Gasteiger partial charge on any atom is 0.241 e. The number of nitrogens with zero attached hydrogens (tertiary/aromatic N) is 2. The Labute approximate surface area is 169 Å². The normalized spacial score (nSPS) is 16.8. The number of hydrogen-bond acceptors (Lipinski definition) is 8. The van der Waals surface area contributed by atoms with Crippen molar-refractivity contribution in [2.24, 2.45) is 11.7 Å². The summed E-state index contributed by atoms with van der Waals surface area (Å²) in [6.45, 7) is 1.27. The minimum Gasteiger partial charge on any atom is -1.00 e. The van der Waals surface area contributed by atoms with Gasteiger partial charge in [-0.25, -0.2) is 0 Å². The number of phenolic OH excluding ortho intramolecular Hbond substituents is 1. The number of aliphatic hydroxyl groups is 1. The summed E-state index contributed by atoms with van der Waals surface area (Å²) in [6, 6.07) is 5.41. The summed E-state index contributed by atoms with van der Waals surface area (Å²) in [5.74, 6) is 0.342. The number of rotatable bonds is 7. The molecule has 1 amide bonds. The summed E-state index contributed by atoms with van der Waals surface area (Å²) >= 11 is 0. The highest BCUT2D eigenvalue weighted by molar-refractivity contribution is 5.79. The first kappa shape index (κ1) is 22.1. The number of nitrogens with one attached hydrogen (secondary N) is 2. The zero-order valence-electron chi connectivity index (χ0n) is 15.3. The van der Waals surface area contributed by atoms with E-state index in [9.17, 15) is 15.0 Å². The van der Waals surface area contributed by atoms with Gasteiger partial charge in [0, 0.05) is 5.92 Å². The first-order valence-electron chi connectivity index (χ1n) is 9.05. The molecule has 1 aliphatic heterocycles. The monoisotopic (exact) mass is 410 g/mol. The third-order valence-electron chi connectivity index (χ3n) is 4.67. The van der Waals surface area contributed by atoms with Gasteiger partial charge in [-0.1, -0.05) is 12.1 Å². The Morgan fingerprint density at radius 3 is 2.54 bits per heavy atom. The molecular formula is C18H25ClN5O4-. The van der Waals surface area contributed by atoms with Gasteiger partial charge in [0.25, 0.3) is 0 Å². The van der Waals surface area contributed by atoms with Crippen molar-refractivity contribution in [3.05, 3.63) is 41.6 Å². The Morgan fingerprint density at radius 2 is 1.89 bits per heavy atom. The third-order valence-corrected chi connectivity index (χ3v) is 4.67. The second-order valence-corrected chi connectivity index (χ2v) is 6.72. The quantitative estimate of drug-likeness (QED) is 0.328. The molecule has 2 unspecified atom stereocenters. The maximum atomic E-state index is 12.4. The van der Waals surface area contributed by atoms with E-state index in [1.807, 2.05) is 0 Å².